The molecule has 1 atom stereocenters. The number of hydrogen-bond acceptors (Lipinski definition) is 6. The number of methoxy groups -OCH3 is 1. The minimum absolute atomic E-state index is 0.126. The first-order chi connectivity index (χ1) is 16.5. The van der Waals surface area contributed by atoms with Gasteiger partial charge in [-0.2, -0.15) is 0 Å². The third kappa shape index (κ3) is 5.91. The number of hydrogen-bond donors (Lipinski definition) is 2. The molecule has 1 heterocycles. The minimum Gasteiger partial charge on any atom is -0.497 e. The molecule has 178 valence electrons. The number of rotatable bonds is 11. The van der Waals surface area contributed by atoms with E-state index in [1.807, 2.05) is 49.5 Å². The lowest BCUT2D eigenvalue weighted by Gasteiger charge is -2.12. The van der Waals surface area contributed by atoms with Gasteiger partial charge in [0, 0.05) is 18.3 Å². The minimum atomic E-state index is -0.736. The van der Waals surface area contributed by atoms with Crippen molar-refractivity contribution < 1.29 is 19.4 Å². The van der Waals surface area contributed by atoms with E-state index in [4.69, 9.17) is 19.6 Å². The number of aromatic nitrogens is 2. The number of nitrogens with zero attached hydrogens (tertiary/aromatic N) is 2. The van der Waals surface area contributed by atoms with Crippen molar-refractivity contribution in [3.8, 4) is 22.9 Å². The molecule has 7 heteroatoms. The zero-order valence-electron chi connectivity index (χ0n) is 19.7. The van der Waals surface area contributed by atoms with Crippen LogP contribution in [0.5, 0.6) is 11.5 Å². The van der Waals surface area contributed by atoms with Crippen LogP contribution < -0.4 is 14.8 Å². The number of carboxylic acid groups (broad SMARTS) is 1. The Labute approximate surface area is 200 Å². The normalized spacial score (nSPS) is 14.6. The maximum absolute atomic E-state index is 11.0. The summed E-state index contributed by atoms with van der Waals surface area (Å²) in [5, 5.41) is 12.5. The highest BCUT2D eigenvalue weighted by Gasteiger charge is 2.24. The van der Waals surface area contributed by atoms with Gasteiger partial charge in [0.2, 0.25) is 0 Å². The summed E-state index contributed by atoms with van der Waals surface area (Å²) < 4.78 is 11.1. The van der Waals surface area contributed by atoms with E-state index in [0.717, 1.165) is 59.7 Å². The highest BCUT2D eigenvalue weighted by atomic mass is 16.5. The molecule has 0 bridgehead atoms. The lowest BCUT2D eigenvalue weighted by molar-refractivity contribution is -0.137. The van der Waals surface area contributed by atoms with Crippen molar-refractivity contribution >= 4 is 5.97 Å². The maximum atomic E-state index is 11.0. The number of nitrogens with one attached hydrogen (secondary N) is 1. The summed E-state index contributed by atoms with van der Waals surface area (Å²) in [5.74, 6) is 1.75. The molecule has 1 aromatic heterocycles. The standard InChI is InChI=1S/C27H31N3O4/c1-18-16-29-27(19-6-8-22(33-2)9-7-19)30-25(18)17-28-12-3-13-34-23-10-11-24-20(14-23)4-5-21(24)15-26(31)32/h6-11,14,16,21,28H,3-5,12-13,15,17H2,1-2H3,(H,31,32)/t21-/m0/s1. The van der Waals surface area contributed by atoms with E-state index in [-0.39, 0.29) is 12.3 Å². The second-order valence-corrected chi connectivity index (χ2v) is 8.62. The van der Waals surface area contributed by atoms with Crippen LogP contribution >= 0.6 is 0 Å². The van der Waals surface area contributed by atoms with Gasteiger partial charge in [0.05, 0.1) is 25.8 Å². The molecule has 2 aromatic carbocycles. The molecule has 1 aliphatic carbocycles. The van der Waals surface area contributed by atoms with Crippen molar-refractivity contribution in [3.63, 3.8) is 0 Å². The monoisotopic (exact) mass is 461 g/mol. The lowest BCUT2D eigenvalue weighted by Crippen LogP contribution is -2.19. The van der Waals surface area contributed by atoms with Crippen LogP contribution in [0.25, 0.3) is 11.4 Å². The third-order valence-corrected chi connectivity index (χ3v) is 6.22. The van der Waals surface area contributed by atoms with Crippen LogP contribution in [0.2, 0.25) is 0 Å². The van der Waals surface area contributed by atoms with E-state index in [1.165, 1.54) is 5.56 Å². The zero-order valence-corrected chi connectivity index (χ0v) is 19.7. The molecule has 2 N–H and O–H groups in total. The van der Waals surface area contributed by atoms with Gasteiger partial charge in [0.15, 0.2) is 5.82 Å². The Balaban J connectivity index is 1.23. The summed E-state index contributed by atoms with van der Waals surface area (Å²) in [7, 11) is 1.65. The number of aryl methyl sites for hydroxylation is 2. The van der Waals surface area contributed by atoms with Crippen LogP contribution in [0.4, 0.5) is 0 Å². The van der Waals surface area contributed by atoms with Gasteiger partial charge in [-0.25, -0.2) is 9.97 Å². The average Bonchev–Trinajstić information content (AvgIpc) is 3.23. The Morgan fingerprint density at radius 2 is 1.97 bits per heavy atom. The fourth-order valence-electron chi connectivity index (χ4n) is 4.32. The Hall–Kier alpha value is -3.45. The van der Waals surface area contributed by atoms with Crippen molar-refractivity contribution in [2.24, 2.45) is 0 Å². The first kappa shape index (κ1) is 23.7. The number of ether oxygens (including phenoxy) is 2. The highest BCUT2D eigenvalue weighted by molar-refractivity contribution is 5.68. The number of aliphatic carboxylic acids is 1. The molecular weight excluding hydrogens is 430 g/mol. The average molecular weight is 462 g/mol. The summed E-state index contributed by atoms with van der Waals surface area (Å²) in [6.45, 7) is 4.12. The van der Waals surface area contributed by atoms with E-state index in [1.54, 1.807) is 7.11 Å². The molecule has 0 aliphatic heterocycles. The van der Waals surface area contributed by atoms with Gasteiger partial charge >= 0.3 is 5.97 Å². The van der Waals surface area contributed by atoms with Crippen molar-refractivity contribution in [2.75, 3.05) is 20.3 Å². The number of carbonyl (C=O) groups is 1. The van der Waals surface area contributed by atoms with Crippen molar-refractivity contribution in [1.29, 1.82) is 0 Å². The molecule has 0 fully saturated rings. The number of benzene rings is 2. The van der Waals surface area contributed by atoms with Gasteiger partial charge in [0.1, 0.15) is 11.5 Å². The first-order valence-electron chi connectivity index (χ1n) is 11.7. The van der Waals surface area contributed by atoms with Crippen LogP contribution in [0.1, 0.15) is 47.6 Å². The molecule has 0 amide bonds. The smallest absolute Gasteiger partial charge is 0.303 e. The van der Waals surface area contributed by atoms with E-state index < -0.39 is 5.97 Å². The number of carboxylic acids is 1. The fraction of sp³-hybridized carbons (Fsp3) is 0.370. The lowest BCUT2D eigenvalue weighted by atomic mass is 9.98. The van der Waals surface area contributed by atoms with E-state index in [9.17, 15) is 4.79 Å². The summed E-state index contributed by atoms with van der Waals surface area (Å²) in [4.78, 5) is 20.2. The molecule has 1 aliphatic rings. The van der Waals surface area contributed by atoms with Crippen LogP contribution in [0.15, 0.2) is 48.7 Å². The molecule has 4 rings (SSSR count). The quantitative estimate of drug-likeness (QED) is 0.405. The second-order valence-electron chi connectivity index (χ2n) is 8.62. The predicted octanol–water partition coefficient (Wildman–Crippen LogP) is 4.52. The summed E-state index contributed by atoms with van der Waals surface area (Å²) in [5.41, 5.74) is 5.37. The molecule has 0 spiro atoms. The first-order valence-corrected chi connectivity index (χ1v) is 11.7. The van der Waals surface area contributed by atoms with Gasteiger partial charge in [0.25, 0.3) is 0 Å². The SMILES string of the molecule is COc1ccc(-c2ncc(C)c(CNCCCOc3ccc4c(c3)CC[C@H]4CC(=O)O)n2)cc1. The Morgan fingerprint density at radius 1 is 1.18 bits per heavy atom. The van der Waals surface area contributed by atoms with Crippen LogP contribution in [-0.4, -0.2) is 41.3 Å². The van der Waals surface area contributed by atoms with E-state index in [0.29, 0.717) is 19.0 Å². The second kappa shape index (κ2) is 11.1. The Bertz CT molecular complexity index is 1130. The number of fused-ring (bicyclic) bond motifs is 1. The predicted molar refractivity (Wildman–Crippen MR) is 130 cm³/mol. The molecule has 34 heavy (non-hydrogen) atoms. The summed E-state index contributed by atoms with van der Waals surface area (Å²) in [6, 6.07) is 13.8. The van der Waals surface area contributed by atoms with Crippen molar-refractivity contribution in [1.82, 2.24) is 15.3 Å². The molecule has 0 saturated carbocycles. The summed E-state index contributed by atoms with van der Waals surface area (Å²) in [6.07, 6.45) is 4.75. The van der Waals surface area contributed by atoms with Crippen LogP contribution in [0, 0.1) is 6.92 Å². The van der Waals surface area contributed by atoms with E-state index >= 15 is 0 Å². The van der Waals surface area contributed by atoms with Gasteiger partial charge in [-0.3, -0.25) is 4.79 Å². The maximum Gasteiger partial charge on any atom is 0.303 e. The summed E-state index contributed by atoms with van der Waals surface area (Å²) >= 11 is 0. The highest BCUT2D eigenvalue weighted by Crippen LogP contribution is 2.37. The topological polar surface area (TPSA) is 93.6 Å². The fourth-order valence-corrected chi connectivity index (χ4v) is 4.32. The van der Waals surface area contributed by atoms with Gasteiger partial charge in [-0.15, -0.1) is 0 Å². The zero-order chi connectivity index (χ0) is 23.9. The molecule has 0 radical (unpaired) electrons. The van der Waals surface area contributed by atoms with Crippen LogP contribution in [-0.2, 0) is 17.8 Å². The van der Waals surface area contributed by atoms with Gasteiger partial charge in [-0.1, -0.05) is 6.07 Å². The largest absolute Gasteiger partial charge is 0.497 e. The molecule has 0 unspecified atom stereocenters. The van der Waals surface area contributed by atoms with E-state index in [2.05, 4.69) is 16.4 Å². The van der Waals surface area contributed by atoms with Gasteiger partial charge < -0.3 is 19.9 Å². The Morgan fingerprint density at radius 3 is 2.74 bits per heavy atom. The van der Waals surface area contributed by atoms with Crippen molar-refractivity contribution in [3.05, 3.63) is 71.0 Å². The molecule has 7 nitrogen and oxygen atoms in total. The third-order valence-electron chi connectivity index (χ3n) is 6.22. The molecule has 3 aromatic rings. The Kier molecular flexibility index (Phi) is 7.75. The molecule has 0 saturated heterocycles. The van der Waals surface area contributed by atoms with Crippen LogP contribution in [0.3, 0.4) is 0 Å². The van der Waals surface area contributed by atoms with Crippen molar-refractivity contribution in [2.45, 2.75) is 45.1 Å². The van der Waals surface area contributed by atoms with Gasteiger partial charge in [-0.05, 0) is 91.7 Å². The molecular formula is C27H31N3O4.